The molecular formula is C10H14ClN5S. The molecule has 0 spiro atoms. The average molecular weight is 272 g/mol. The highest BCUT2D eigenvalue weighted by Gasteiger charge is 2.11. The van der Waals surface area contributed by atoms with Gasteiger partial charge in [0.2, 0.25) is 0 Å². The van der Waals surface area contributed by atoms with Gasteiger partial charge in [-0.25, -0.2) is 0 Å². The van der Waals surface area contributed by atoms with Crippen LogP contribution in [0, 0.1) is 6.92 Å². The maximum Gasteiger partial charge on any atom is 0.255 e. The van der Waals surface area contributed by atoms with E-state index in [2.05, 4.69) is 26.6 Å². The molecule has 5 nitrogen and oxygen atoms in total. The maximum atomic E-state index is 6.05. The van der Waals surface area contributed by atoms with Crippen LogP contribution in [0.4, 0.5) is 5.82 Å². The van der Waals surface area contributed by atoms with Crippen LogP contribution in [0.15, 0.2) is 6.33 Å². The minimum absolute atomic E-state index is 0.470. The van der Waals surface area contributed by atoms with Gasteiger partial charge in [0, 0.05) is 12.1 Å². The Kier molecular flexibility index (Phi) is 4.06. The minimum Gasteiger partial charge on any atom is -0.370 e. The quantitative estimate of drug-likeness (QED) is 0.668. The summed E-state index contributed by atoms with van der Waals surface area (Å²) in [5.74, 6) is 2.53. The standard InChI is InChI=1S/C10H14ClN5S/c1-7-8(11)15-10-13-6-14-16(10)9(7)12-4-3-5-17-2/h6,12H,3-5H2,1-2H3. The van der Waals surface area contributed by atoms with E-state index in [9.17, 15) is 0 Å². The lowest BCUT2D eigenvalue weighted by Crippen LogP contribution is -2.10. The molecule has 2 rings (SSSR count). The molecule has 17 heavy (non-hydrogen) atoms. The molecule has 0 saturated heterocycles. The number of anilines is 1. The normalized spacial score (nSPS) is 11.0. The van der Waals surface area contributed by atoms with Crippen molar-refractivity contribution >= 4 is 35.0 Å². The van der Waals surface area contributed by atoms with E-state index in [1.54, 1.807) is 4.52 Å². The summed E-state index contributed by atoms with van der Waals surface area (Å²) in [4.78, 5) is 8.19. The molecule has 0 radical (unpaired) electrons. The lowest BCUT2D eigenvalue weighted by Gasteiger charge is -2.11. The molecule has 0 saturated carbocycles. The number of hydrogen-bond donors (Lipinski definition) is 1. The molecule has 0 unspecified atom stereocenters. The summed E-state index contributed by atoms with van der Waals surface area (Å²) >= 11 is 7.89. The molecule has 2 aromatic rings. The molecule has 0 fully saturated rings. The topological polar surface area (TPSA) is 55.1 Å². The first-order valence-corrected chi connectivity index (χ1v) is 7.10. The van der Waals surface area contributed by atoms with E-state index in [1.165, 1.54) is 6.33 Å². The second-order valence-corrected chi connectivity index (χ2v) is 4.96. The smallest absolute Gasteiger partial charge is 0.255 e. The molecule has 0 aliphatic carbocycles. The molecule has 0 aliphatic rings. The molecule has 2 aromatic heterocycles. The first kappa shape index (κ1) is 12.4. The van der Waals surface area contributed by atoms with E-state index in [0.717, 1.165) is 30.1 Å². The van der Waals surface area contributed by atoms with Crippen LogP contribution >= 0.6 is 23.4 Å². The highest BCUT2D eigenvalue weighted by Crippen LogP contribution is 2.21. The van der Waals surface area contributed by atoms with Crippen LogP contribution < -0.4 is 5.32 Å². The summed E-state index contributed by atoms with van der Waals surface area (Å²) in [7, 11) is 0. The predicted molar refractivity (Wildman–Crippen MR) is 72.0 cm³/mol. The Hall–Kier alpha value is -1.01. The maximum absolute atomic E-state index is 6.05. The SMILES string of the molecule is CSCCCNc1c(C)c(Cl)nc2ncnn12. The van der Waals surface area contributed by atoms with Crippen LogP contribution in [0.3, 0.4) is 0 Å². The van der Waals surface area contributed by atoms with E-state index in [0.29, 0.717) is 10.9 Å². The van der Waals surface area contributed by atoms with Gasteiger partial charge in [0.15, 0.2) is 0 Å². The van der Waals surface area contributed by atoms with Gasteiger partial charge in [0.05, 0.1) is 0 Å². The van der Waals surface area contributed by atoms with Crippen LogP contribution in [-0.4, -0.2) is 38.1 Å². The number of nitrogens with zero attached hydrogens (tertiary/aromatic N) is 4. The first-order chi connectivity index (χ1) is 8.24. The van der Waals surface area contributed by atoms with Crippen molar-refractivity contribution in [3.8, 4) is 0 Å². The predicted octanol–water partition coefficient (Wildman–Crippen LogP) is 2.25. The van der Waals surface area contributed by atoms with Crippen LogP contribution in [0.2, 0.25) is 5.15 Å². The third kappa shape index (κ3) is 2.63. The zero-order chi connectivity index (χ0) is 12.3. The lowest BCUT2D eigenvalue weighted by atomic mass is 10.3. The average Bonchev–Trinajstić information content (AvgIpc) is 2.76. The van der Waals surface area contributed by atoms with Gasteiger partial charge in [-0.2, -0.15) is 31.3 Å². The Labute approximate surface area is 109 Å². The van der Waals surface area contributed by atoms with Gasteiger partial charge >= 0.3 is 0 Å². The monoisotopic (exact) mass is 271 g/mol. The Morgan fingerprint density at radius 2 is 2.35 bits per heavy atom. The van der Waals surface area contributed by atoms with Gasteiger partial charge in [-0.1, -0.05) is 11.6 Å². The van der Waals surface area contributed by atoms with Crippen LogP contribution in [-0.2, 0) is 0 Å². The summed E-state index contributed by atoms with van der Waals surface area (Å²) < 4.78 is 1.68. The molecular weight excluding hydrogens is 258 g/mol. The molecule has 7 heteroatoms. The summed E-state index contributed by atoms with van der Waals surface area (Å²) in [6.07, 6.45) is 4.67. The summed E-state index contributed by atoms with van der Waals surface area (Å²) in [6.45, 7) is 2.81. The van der Waals surface area contributed by atoms with Crippen molar-refractivity contribution in [1.29, 1.82) is 0 Å². The molecule has 0 amide bonds. The van der Waals surface area contributed by atoms with Crippen molar-refractivity contribution in [3.63, 3.8) is 0 Å². The van der Waals surface area contributed by atoms with Gasteiger partial charge in [0.1, 0.15) is 17.3 Å². The molecule has 92 valence electrons. The van der Waals surface area contributed by atoms with Crippen molar-refractivity contribution < 1.29 is 0 Å². The Morgan fingerprint density at radius 1 is 1.53 bits per heavy atom. The fourth-order valence-electron chi connectivity index (χ4n) is 1.53. The van der Waals surface area contributed by atoms with E-state index in [-0.39, 0.29) is 0 Å². The third-order valence-corrected chi connectivity index (χ3v) is 3.49. The molecule has 0 aromatic carbocycles. The zero-order valence-electron chi connectivity index (χ0n) is 9.77. The largest absolute Gasteiger partial charge is 0.370 e. The van der Waals surface area contributed by atoms with Gasteiger partial charge in [-0.05, 0) is 25.4 Å². The van der Waals surface area contributed by atoms with E-state index >= 15 is 0 Å². The Morgan fingerprint density at radius 3 is 3.12 bits per heavy atom. The van der Waals surface area contributed by atoms with Gasteiger partial charge in [-0.3, -0.25) is 0 Å². The van der Waals surface area contributed by atoms with Crippen molar-refractivity contribution in [2.45, 2.75) is 13.3 Å². The second-order valence-electron chi connectivity index (χ2n) is 3.62. The van der Waals surface area contributed by atoms with Gasteiger partial charge < -0.3 is 5.32 Å². The third-order valence-electron chi connectivity index (χ3n) is 2.42. The fraction of sp³-hybridized carbons (Fsp3) is 0.500. The van der Waals surface area contributed by atoms with Crippen LogP contribution in [0.5, 0.6) is 0 Å². The van der Waals surface area contributed by atoms with Crippen LogP contribution in [0.25, 0.3) is 5.78 Å². The van der Waals surface area contributed by atoms with Crippen molar-refractivity contribution in [2.24, 2.45) is 0 Å². The Bertz CT molecular complexity index is 513. The van der Waals surface area contributed by atoms with Crippen molar-refractivity contribution in [1.82, 2.24) is 19.6 Å². The van der Waals surface area contributed by atoms with E-state index < -0.39 is 0 Å². The van der Waals surface area contributed by atoms with Crippen LogP contribution in [0.1, 0.15) is 12.0 Å². The zero-order valence-corrected chi connectivity index (χ0v) is 11.3. The summed E-state index contributed by atoms with van der Waals surface area (Å²) in [5.41, 5.74) is 0.897. The van der Waals surface area contributed by atoms with Gasteiger partial charge in [0.25, 0.3) is 5.78 Å². The molecule has 0 bridgehead atoms. The second kappa shape index (κ2) is 5.55. The highest BCUT2D eigenvalue weighted by atomic mass is 35.5. The lowest BCUT2D eigenvalue weighted by molar-refractivity contribution is 0.897. The van der Waals surface area contributed by atoms with Gasteiger partial charge in [-0.15, -0.1) is 0 Å². The fourth-order valence-corrected chi connectivity index (χ4v) is 2.13. The number of halogens is 1. The number of thioether (sulfide) groups is 1. The van der Waals surface area contributed by atoms with E-state index in [1.807, 2.05) is 18.7 Å². The molecule has 0 aliphatic heterocycles. The molecule has 1 N–H and O–H groups in total. The minimum atomic E-state index is 0.470. The summed E-state index contributed by atoms with van der Waals surface area (Å²) in [6, 6.07) is 0. The highest BCUT2D eigenvalue weighted by molar-refractivity contribution is 7.98. The molecule has 0 atom stereocenters. The first-order valence-electron chi connectivity index (χ1n) is 5.32. The number of rotatable bonds is 5. The number of nitrogens with one attached hydrogen (secondary N) is 1. The number of fused-ring (bicyclic) bond motifs is 1. The summed E-state index contributed by atoms with van der Waals surface area (Å²) in [5, 5.41) is 7.95. The number of aromatic nitrogens is 4. The van der Waals surface area contributed by atoms with Crippen molar-refractivity contribution in [3.05, 3.63) is 17.0 Å². The van der Waals surface area contributed by atoms with Crippen molar-refractivity contribution in [2.75, 3.05) is 23.9 Å². The number of hydrogen-bond acceptors (Lipinski definition) is 5. The Balaban J connectivity index is 2.24. The molecule has 2 heterocycles. The van der Waals surface area contributed by atoms with E-state index in [4.69, 9.17) is 11.6 Å².